The smallest absolute Gasteiger partial charge is 0.229 e. The average Bonchev–Trinajstić information content (AvgIpc) is 3.15. The van der Waals surface area contributed by atoms with Gasteiger partial charge in [-0.15, -0.1) is 0 Å². The second-order valence-electron chi connectivity index (χ2n) is 13.6. The minimum Gasteiger partial charge on any atom is -0.508 e. The summed E-state index contributed by atoms with van der Waals surface area (Å²) in [6.45, 7) is -2.20. The van der Waals surface area contributed by atoms with Gasteiger partial charge in [-0.2, -0.15) is 0 Å². The number of allylic oxidation sites excluding steroid dienone is 2. The number of hydrogen-bond acceptors (Lipinski definition) is 20. The highest BCUT2D eigenvalue weighted by Crippen LogP contribution is 2.42. The van der Waals surface area contributed by atoms with Crippen LogP contribution in [0.2, 0.25) is 0 Å². The summed E-state index contributed by atoms with van der Waals surface area (Å²) in [6.07, 6.45) is -21.3. The largest absolute Gasteiger partial charge is 0.508 e. The Balaban J connectivity index is 1.39. The Hall–Kier alpha value is -3.58. The molecule has 1 saturated carbocycles. The maximum Gasteiger partial charge on any atom is 0.229 e. The summed E-state index contributed by atoms with van der Waals surface area (Å²) >= 11 is 0. The van der Waals surface area contributed by atoms with Crippen LogP contribution in [-0.2, 0) is 28.4 Å². The SMILES string of the molecule is OCC1CC(OC2=CC(O)=CC3OC(c4ccc(O)c(O)c4)=C(OC4OC(CO)C(O)C(O)C4OC4OC(CO)C(O)C(O)C4O)C=C23)C(O)C(O)C1O. The van der Waals surface area contributed by atoms with Gasteiger partial charge in [-0.05, 0) is 30.7 Å². The molecule has 0 aromatic heterocycles. The number of rotatable bonds is 10. The highest BCUT2D eigenvalue weighted by atomic mass is 16.8. The zero-order valence-electron chi connectivity index (χ0n) is 28.2. The normalized spacial score (nSPS) is 41.2. The summed E-state index contributed by atoms with van der Waals surface area (Å²) in [6, 6.07) is 3.56. The van der Waals surface area contributed by atoms with E-state index in [1.165, 1.54) is 18.2 Å². The Labute approximate surface area is 306 Å². The first-order valence-electron chi connectivity index (χ1n) is 17.0. The molecule has 3 fully saturated rings. The van der Waals surface area contributed by atoms with E-state index in [2.05, 4.69) is 0 Å². The maximum atomic E-state index is 11.2. The van der Waals surface area contributed by atoms with Crippen LogP contribution in [0.3, 0.4) is 0 Å². The molecule has 0 bridgehead atoms. The molecular formula is C34H44O20. The average molecular weight is 773 g/mol. The van der Waals surface area contributed by atoms with Crippen molar-refractivity contribution in [3.63, 3.8) is 0 Å². The fraction of sp³-hybridized carbons (Fsp3) is 0.588. The lowest BCUT2D eigenvalue weighted by atomic mass is 9.81. The molecule has 6 rings (SSSR count). The third kappa shape index (κ3) is 7.63. The molecule has 2 aliphatic carbocycles. The topological polar surface area (TPSA) is 339 Å². The molecule has 16 atom stereocenters. The number of phenols is 2. The molecule has 2 saturated heterocycles. The van der Waals surface area contributed by atoms with Crippen LogP contribution in [-0.4, -0.2) is 183 Å². The van der Waals surface area contributed by atoms with Gasteiger partial charge in [0, 0.05) is 35.8 Å². The molecule has 5 aliphatic rings. The molecule has 16 unspecified atom stereocenters. The Morgan fingerprint density at radius 3 is 1.94 bits per heavy atom. The predicted octanol–water partition coefficient (Wildman–Crippen LogP) is -4.45. The van der Waals surface area contributed by atoms with E-state index in [1.54, 1.807) is 0 Å². The Morgan fingerprint density at radius 1 is 0.648 bits per heavy atom. The summed E-state index contributed by atoms with van der Waals surface area (Å²) in [5, 5.41) is 145. The van der Waals surface area contributed by atoms with Gasteiger partial charge in [-0.25, -0.2) is 0 Å². The highest BCUT2D eigenvalue weighted by Gasteiger charge is 2.52. The summed E-state index contributed by atoms with van der Waals surface area (Å²) in [4.78, 5) is 0. The van der Waals surface area contributed by atoms with Gasteiger partial charge in [0.1, 0.15) is 78.7 Å². The van der Waals surface area contributed by atoms with Gasteiger partial charge in [0.05, 0.1) is 19.3 Å². The number of ether oxygens (including phenoxy) is 6. The first kappa shape index (κ1) is 40.1. The molecule has 300 valence electrons. The summed E-state index contributed by atoms with van der Waals surface area (Å²) in [7, 11) is 0. The number of phenolic OH excluding ortho intramolecular Hbond substituents is 2. The van der Waals surface area contributed by atoms with E-state index in [0.29, 0.717) is 0 Å². The minimum absolute atomic E-state index is 0.0765. The Bertz CT molecular complexity index is 1620. The van der Waals surface area contributed by atoms with Crippen LogP contribution < -0.4 is 0 Å². The molecule has 0 spiro atoms. The Kier molecular flexibility index (Phi) is 12.1. The van der Waals surface area contributed by atoms with Gasteiger partial charge in [0.15, 0.2) is 35.4 Å². The van der Waals surface area contributed by atoms with Gasteiger partial charge in [-0.1, -0.05) is 0 Å². The monoisotopic (exact) mass is 772 g/mol. The van der Waals surface area contributed by atoms with Crippen LogP contribution in [0, 0.1) is 5.92 Å². The number of benzene rings is 1. The van der Waals surface area contributed by atoms with Gasteiger partial charge in [-0.3, -0.25) is 0 Å². The Morgan fingerprint density at radius 2 is 1.30 bits per heavy atom. The van der Waals surface area contributed by atoms with Crippen molar-refractivity contribution in [1.82, 2.24) is 0 Å². The lowest BCUT2D eigenvalue weighted by Gasteiger charge is -2.46. The number of aliphatic hydroxyl groups excluding tert-OH is 12. The van der Waals surface area contributed by atoms with Crippen molar-refractivity contribution in [2.24, 2.45) is 5.92 Å². The van der Waals surface area contributed by atoms with Crippen molar-refractivity contribution in [1.29, 1.82) is 0 Å². The number of hydrogen-bond donors (Lipinski definition) is 14. The van der Waals surface area contributed by atoms with Crippen molar-refractivity contribution in [3.05, 3.63) is 64.8 Å². The van der Waals surface area contributed by atoms with E-state index < -0.39 is 129 Å². The van der Waals surface area contributed by atoms with Crippen LogP contribution in [0.25, 0.3) is 5.76 Å². The van der Waals surface area contributed by atoms with Gasteiger partial charge < -0.3 is 99.9 Å². The standard InChI is InChI=1S/C34H44O20/c35-8-12-4-19(24(42)27(45)23(12)41)49-17-5-13(38)6-18-14(17)7-20(31(50-18)11-1-2-15(39)16(40)3-11)51-34-32(29(47)26(44)22(10-37)53-34)54-33-30(48)28(46)25(43)21(9-36)52-33/h1-3,5-7,12,18-19,21-30,32-48H,4,8-10H2. The minimum atomic E-state index is -1.95. The molecule has 54 heavy (non-hydrogen) atoms. The zero-order valence-corrected chi connectivity index (χ0v) is 28.2. The molecule has 0 amide bonds. The van der Waals surface area contributed by atoms with Crippen molar-refractivity contribution >= 4 is 5.76 Å². The number of aliphatic hydroxyl groups is 12. The van der Waals surface area contributed by atoms with E-state index in [4.69, 9.17) is 28.4 Å². The zero-order chi connectivity index (χ0) is 39.2. The fourth-order valence-corrected chi connectivity index (χ4v) is 6.86. The third-order valence-corrected chi connectivity index (χ3v) is 10.0. The summed E-state index contributed by atoms with van der Waals surface area (Å²) in [5.41, 5.74) is 0.192. The number of fused-ring (bicyclic) bond motifs is 1. The van der Waals surface area contributed by atoms with Crippen LogP contribution in [0.1, 0.15) is 12.0 Å². The molecule has 1 aromatic carbocycles. The van der Waals surface area contributed by atoms with Crippen LogP contribution in [0.5, 0.6) is 11.5 Å². The maximum absolute atomic E-state index is 11.2. The molecule has 0 radical (unpaired) electrons. The molecule has 14 N–H and O–H groups in total. The second kappa shape index (κ2) is 16.3. The quantitative estimate of drug-likeness (QED) is 0.0998. The van der Waals surface area contributed by atoms with Crippen molar-refractivity contribution < 1.29 is 99.9 Å². The molecule has 3 aliphatic heterocycles. The van der Waals surface area contributed by atoms with Crippen LogP contribution in [0.15, 0.2) is 59.3 Å². The van der Waals surface area contributed by atoms with Crippen LogP contribution in [0.4, 0.5) is 0 Å². The van der Waals surface area contributed by atoms with Crippen molar-refractivity contribution in [2.75, 3.05) is 19.8 Å². The first-order chi connectivity index (χ1) is 25.7. The van der Waals surface area contributed by atoms with Crippen molar-refractivity contribution in [2.45, 2.75) is 98.4 Å². The van der Waals surface area contributed by atoms with E-state index in [1.807, 2.05) is 0 Å². The lowest BCUT2D eigenvalue weighted by Crippen LogP contribution is -2.64. The van der Waals surface area contributed by atoms with Gasteiger partial charge in [0.25, 0.3) is 0 Å². The van der Waals surface area contributed by atoms with Gasteiger partial charge in [0.2, 0.25) is 6.29 Å². The number of aromatic hydroxyl groups is 2. The third-order valence-electron chi connectivity index (χ3n) is 10.0. The molecule has 3 heterocycles. The molecule has 20 heteroatoms. The first-order valence-corrected chi connectivity index (χ1v) is 17.0. The van der Waals surface area contributed by atoms with E-state index in [0.717, 1.165) is 18.2 Å². The van der Waals surface area contributed by atoms with Crippen molar-refractivity contribution in [3.8, 4) is 11.5 Å². The lowest BCUT2D eigenvalue weighted by molar-refractivity contribution is -0.363. The van der Waals surface area contributed by atoms with E-state index in [-0.39, 0.29) is 40.6 Å². The van der Waals surface area contributed by atoms with E-state index in [9.17, 15) is 71.5 Å². The second-order valence-corrected chi connectivity index (χ2v) is 13.6. The summed E-state index contributed by atoms with van der Waals surface area (Å²) in [5.74, 6) is -2.90. The predicted molar refractivity (Wildman–Crippen MR) is 174 cm³/mol. The van der Waals surface area contributed by atoms with Crippen LogP contribution >= 0.6 is 0 Å². The molecule has 1 aromatic rings. The molecular weight excluding hydrogens is 728 g/mol. The summed E-state index contributed by atoms with van der Waals surface area (Å²) < 4.78 is 35.4. The molecule has 20 nitrogen and oxygen atoms in total. The highest BCUT2D eigenvalue weighted by molar-refractivity contribution is 5.70. The van der Waals surface area contributed by atoms with Gasteiger partial charge >= 0.3 is 0 Å². The van der Waals surface area contributed by atoms with E-state index >= 15 is 0 Å². The fourth-order valence-electron chi connectivity index (χ4n) is 6.86.